The van der Waals surface area contributed by atoms with Gasteiger partial charge >= 0.3 is 17.9 Å². The van der Waals surface area contributed by atoms with Crippen molar-refractivity contribution in [1.29, 1.82) is 0 Å². The molecule has 6 heteroatoms. The number of carbonyl (C=O) groups excluding carboxylic acids is 2. The number of hydrogen-bond acceptors (Lipinski definition) is 5. The molecule has 0 radical (unpaired) electrons. The lowest BCUT2D eigenvalue weighted by molar-refractivity contribution is -0.198. The van der Waals surface area contributed by atoms with Crippen LogP contribution in [0.15, 0.2) is 37.0 Å². The average molecular weight is 376 g/mol. The Morgan fingerprint density at radius 1 is 1.04 bits per heavy atom. The van der Waals surface area contributed by atoms with Crippen molar-refractivity contribution < 1.29 is 29.0 Å². The van der Waals surface area contributed by atoms with Crippen molar-refractivity contribution in [2.45, 2.75) is 44.6 Å². The van der Waals surface area contributed by atoms with E-state index < -0.39 is 11.9 Å². The molecular weight excluding hydrogens is 348 g/mol. The summed E-state index contributed by atoms with van der Waals surface area (Å²) in [6.07, 6.45) is 9.71. The van der Waals surface area contributed by atoms with Crippen molar-refractivity contribution >= 4 is 17.9 Å². The molecule has 6 nitrogen and oxygen atoms in total. The van der Waals surface area contributed by atoms with Crippen molar-refractivity contribution in [2.75, 3.05) is 7.11 Å². The highest BCUT2D eigenvalue weighted by molar-refractivity contribution is 5.92. The summed E-state index contributed by atoms with van der Waals surface area (Å²) in [5.74, 6) is 1.03. The van der Waals surface area contributed by atoms with E-state index in [1.54, 1.807) is 0 Å². The van der Waals surface area contributed by atoms with Gasteiger partial charge < -0.3 is 14.6 Å². The van der Waals surface area contributed by atoms with Crippen LogP contribution in [0.4, 0.5) is 0 Å². The maximum Gasteiger partial charge on any atom is 0.337 e. The third-order valence-electron chi connectivity index (χ3n) is 6.12. The van der Waals surface area contributed by atoms with Crippen LogP contribution in [-0.4, -0.2) is 35.7 Å². The zero-order chi connectivity index (χ0) is 20.2. The fourth-order valence-corrected chi connectivity index (χ4v) is 4.92. The van der Waals surface area contributed by atoms with Gasteiger partial charge in [-0.05, 0) is 68.8 Å². The molecule has 1 N–H and O–H groups in total. The number of carbonyl (C=O) groups is 3. The number of carboxylic acids is 1. The molecule has 4 rings (SSSR count). The predicted molar refractivity (Wildman–Crippen MR) is 99.7 cm³/mol. The van der Waals surface area contributed by atoms with E-state index >= 15 is 0 Å². The SMILES string of the molecule is C=C(C=CC(=O)O)C(=O)OC.C=CC(=O)OC1(C)C2CC3CC(C2)CC1C3. The Hall–Kier alpha value is -2.37. The Morgan fingerprint density at radius 3 is 1.96 bits per heavy atom. The highest BCUT2D eigenvalue weighted by Gasteiger charge is 2.56. The molecule has 0 unspecified atom stereocenters. The van der Waals surface area contributed by atoms with Crippen LogP contribution < -0.4 is 0 Å². The summed E-state index contributed by atoms with van der Waals surface area (Å²) in [5.41, 5.74) is -0.187. The molecule has 0 aliphatic heterocycles. The summed E-state index contributed by atoms with van der Waals surface area (Å²) in [6.45, 7) is 8.93. The van der Waals surface area contributed by atoms with E-state index in [0.29, 0.717) is 11.8 Å². The van der Waals surface area contributed by atoms with Gasteiger partial charge in [0.25, 0.3) is 0 Å². The van der Waals surface area contributed by atoms with Crippen molar-refractivity contribution in [1.82, 2.24) is 0 Å². The Bertz CT molecular complexity index is 632. The lowest BCUT2D eigenvalue weighted by atomic mass is 9.50. The molecule has 0 saturated heterocycles. The van der Waals surface area contributed by atoms with Gasteiger partial charge in [-0.25, -0.2) is 14.4 Å². The summed E-state index contributed by atoms with van der Waals surface area (Å²) in [4.78, 5) is 32.0. The number of rotatable bonds is 5. The van der Waals surface area contributed by atoms with Crippen LogP contribution in [0.5, 0.6) is 0 Å². The average Bonchev–Trinajstić information content (AvgIpc) is 2.63. The molecule has 4 saturated carbocycles. The smallest absolute Gasteiger partial charge is 0.337 e. The van der Waals surface area contributed by atoms with Gasteiger partial charge in [-0.2, -0.15) is 0 Å². The third-order valence-corrected chi connectivity index (χ3v) is 6.12. The molecule has 0 aromatic heterocycles. The zero-order valence-electron chi connectivity index (χ0n) is 16.0. The molecular formula is C21H28O6. The Morgan fingerprint density at radius 2 is 1.56 bits per heavy atom. The number of hydrogen-bond donors (Lipinski definition) is 1. The standard InChI is InChI=1S/C14H20O2.C7H8O4/c1-3-13(15)16-14(2)11-5-9-4-10(7-11)8-12(14)6-9;1-5(7(10)11-2)3-4-6(8)9/h3,9-12H,1,4-8H2,2H3;3-4H,1H2,2H3,(H,8,9). The first-order valence-corrected chi connectivity index (χ1v) is 9.23. The first kappa shape index (κ1) is 20.9. The maximum absolute atomic E-state index is 11.5. The van der Waals surface area contributed by atoms with Crippen molar-refractivity contribution in [3.63, 3.8) is 0 Å². The maximum atomic E-state index is 11.5. The monoisotopic (exact) mass is 376 g/mol. The predicted octanol–water partition coefficient (Wildman–Crippen LogP) is 3.29. The Balaban J connectivity index is 0.000000211. The second-order valence-corrected chi connectivity index (χ2v) is 7.80. The van der Waals surface area contributed by atoms with Gasteiger partial charge in [-0.1, -0.05) is 13.2 Å². The topological polar surface area (TPSA) is 89.9 Å². The summed E-state index contributed by atoms with van der Waals surface area (Å²) in [6, 6.07) is 0. The fourth-order valence-electron chi connectivity index (χ4n) is 4.92. The third kappa shape index (κ3) is 4.87. The molecule has 0 amide bonds. The summed E-state index contributed by atoms with van der Waals surface area (Å²) in [5, 5.41) is 8.14. The van der Waals surface area contributed by atoms with Crippen LogP contribution in [-0.2, 0) is 23.9 Å². The molecule has 4 fully saturated rings. The molecule has 0 aromatic rings. The lowest BCUT2D eigenvalue weighted by Crippen LogP contribution is -2.57. The number of carboxylic acid groups (broad SMARTS) is 1. The second kappa shape index (κ2) is 8.55. The molecule has 0 atom stereocenters. The van der Waals surface area contributed by atoms with Gasteiger partial charge in [0.2, 0.25) is 0 Å². The van der Waals surface area contributed by atoms with E-state index in [-0.39, 0.29) is 17.1 Å². The summed E-state index contributed by atoms with van der Waals surface area (Å²) < 4.78 is 9.97. The number of methoxy groups -OCH3 is 1. The molecule has 4 aliphatic rings. The van der Waals surface area contributed by atoms with Crippen LogP contribution in [0.3, 0.4) is 0 Å². The lowest BCUT2D eigenvalue weighted by Gasteiger charge is -2.58. The minimum atomic E-state index is -1.13. The van der Waals surface area contributed by atoms with Crippen LogP contribution in [0.25, 0.3) is 0 Å². The fraction of sp³-hybridized carbons (Fsp3) is 0.571. The van der Waals surface area contributed by atoms with Crippen LogP contribution >= 0.6 is 0 Å². The quantitative estimate of drug-likeness (QED) is 0.450. The van der Waals surface area contributed by atoms with Crippen LogP contribution in [0.1, 0.15) is 39.0 Å². The molecule has 0 aromatic carbocycles. The van der Waals surface area contributed by atoms with Crippen molar-refractivity contribution in [3.05, 3.63) is 37.0 Å². The van der Waals surface area contributed by atoms with E-state index in [0.717, 1.165) is 24.0 Å². The molecule has 0 spiro atoms. The van der Waals surface area contributed by atoms with Crippen molar-refractivity contribution in [3.8, 4) is 0 Å². The van der Waals surface area contributed by atoms with Gasteiger partial charge in [-0.15, -0.1) is 0 Å². The highest BCUT2D eigenvalue weighted by atomic mass is 16.6. The Kier molecular flexibility index (Phi) is 6.63. The van der Waals surface area contributed by atoms with Crippen molar-refractivity contribution in [2.24, 2.45) is 23.7 Å². The van der Waals surface area contributed by atoms with E-state index in [1.165, 1.54) is 45.3 Å². The normalized spacial score (nSPS) is 33.0. The first-order valence-electron chi connectivity index (χ1n) is 9.23. The van der Waals surface area contributed by atoms with Gasteiger partial charge in [-0.3, -0.25) is 0 Å². The van der Waals surface area contributed by atoms with E-state index in [9.17, 15) is 14.4 Å². The van der Waals surface area contributed by atoms with Gasteiger partial charge in [0.05, 0.1) is 12.7 Å². The molecule has 4 aliphatic carbocycles. The van der Waals surface area contributed by atoms with E-state index in [4.69, 9.17) is 9.84 Å². The first-order chi connectivity index (χ1) is 12.7. The van der Waals surface area contributed by atoms with Gasteiger partial charge in [0.1, 0.15) is 5.60 Å². The van der Waals surface area contributed by atoms with E-state index in [1.807, 2.05) is 0 Å². The number of aliphatic carboxylic acids is 1. The Labute approximate surface area is 159 Å². The van der Waals surface area contributed by atoms with Gasteiger partial charge in [0, 0.05) is 12.2 Å². The zero-order valence-corrected chi connectivity index (χ0v) is 16.0. The number of ether oxygens (including phenoxy) is 2. The van der Waals surface area contributed by atoms with E-state index in [2.05, 4.69) is 24.8 Å². The molecule has 27 heavy (non-hydrogen) atoms. The largest absolute Gasteiger partial charge is 0.478 e. The molecule has 148 valence electrons. The summed E-state index contributed by atoms with van der Waals surface area (Å²) in [7, 11) is 1.20. The minimum absolute atomic E-state index is 0.00917. The number of esters is 2. The van der Waals surface area contributed by atoms with Crippen LogP contribution in [0.2, 0.25) is 0 Å². The van der Waals surface area contributed by atoms with Gasteiger partial charge in [0.15, 0.2) is 0 Å². The molecule has 4 bridgehead atoms. The second-order valence-electron chi connectivity index (χ2n) is 7.80. The van der Waals surface area contributed by atoms with Crippen LogP contribution in [0, 0.1) is 23.7 Å². The highest BCUT2D eigenvalue weighted by Crippen LogP contribution is 2.59. The minimum Gasteiger partial charge on any atom is -0.478 e. The summed E-state index contributed by atoms with van der Waals surface area (Å²) >= 11 is 0. The molecule has 0 heterocycles.